The van der Waals surface area contributed by atoms with E-state index in [0.717, 1.165) is 31.5 Å². The second kappa shape index (κ2) is 8.00. The fourth-order valence-corrected chi connectivity index (χ4v) is 2.47. The van der Waals surface area contributed by atoms with Crippen molar-refractivity contribution in [2.24, 2.45) is 0 Å². The Hall–Kier alpha value is -1.28. The van der Waals surface area contributed by atoms with Crippen molar-refractivity contribution in [2.75, 3.05) is 20.1 Å². The quantitative estimate of drug-likeness (QED) is 0.799. The Morgan fingerprint density at radius 1 is 1.26 bits per heavy atom. The number of benzene rings is 1. The third-order valence-electron chi connectivity index (χ3n) is 3.55. The summed E-state index contributed by atoms with van der Waals surface area (Å²) >= 11 is 0. The molecule has 1 aromatic carbocycles. The van der Waals surface area contributed by atoms with Gasteiger partial charge in [-0.3, -0.25) is 0 Å². The van der Waals surface area contributed by atoms with Gasteiger partial charge in [0.1, 0.15) is 5.75 Å². The second-order valence-electron chi connectivity index (χ2n) is 5.03. The molecule has 0 saturated heterocycles. The first-order chi connectivity index (χ1) is 9.13. The SMILES string of the molecule is C/C=C(/CCN(C)CCC)c1c(O)cccc1CC. The third-order valence-corrected chi connectivity index (χ3v) is 3.55. The molecule has 106 valence electrons. The van der Waals surface area contributed by atoms with Gasteiger partial charge in [-0.2, -0.15) is 0 Å². The summed E-state index contributed by atoms with van der Waals surface area (Å²) in [5, 5.41) is 10.1. The molecule has 0 aromatic heterocycles. The molecule has 1 rings (SSSR count). The largest absolute Gasteiger partial charge is 0.507 e. The highest BCUT2D eigenvalue weighted by atomic mass is 16.3. The Balaban J connectivity index is 2.87. The van der Waals surface area contributed by atoms with Crippen LogP contribution in [0.1, 0.15) is 44.7 Å². The standard InChI is InChI=1S/C17H27NO/c1-5-12-18(4)13-11-15(7-3)17-14(6-2)9-8-10-16(17)19/h7-10,19H,5-6,11-13H2,1-4H3/b15-7-. The van der Waals surface area contributed by atoms with Crippen molar-refractivity contribution >= 4 is 5.57 Å². The van der Waals surface area contributed by atoms with Crippen molar-refractivity contribution in [1.82, 2.24) is 4.90 Å². The Morgan fingerprint density at radius 3 is 2.58 bits per heavy atom. The van der Waals surface area contributed by atoms with E-state index in [1.807, 2.05) is 6.07 Å². The van der Waals surface area contributed by atoms with Gasteiger partial charge < -0.3 is 10.0 Å². The number of phenolic OH excluding ortho intramolecular Hbond substituents is 1. The molecule has 0 bridgehead atoms. The van der Waals surface area contributed by atoms with Crippen molar-refractivity contribution in [3.8, 4) is 5.75 Å². The van der Waals surface area contributed by atoms with Gasteiger partial charge >= 0.3 is 0 Å². The third kappa shape index (κ3) is 4.39. The molecule has 0 aliphatic carbocycles. The molecular weight excluding hydrogens is 234 g/mol. The van der Waals surface area contributed by atoms with Crippen LogP contribution < -0.4 is 0 Å². The summed E-state index contributed by atoms with van der Waals surface area (Å²) in [7, 11) is 2.16. The molecule has 0 amide bonds. The highest BCUT2D eigenvalue weighted by Gasteiger charge is 2.11. The lowest BCUT2D eigenvalue weighted by atomic mass is 9.94. The fraction of sp³-hybridized carbons (Fsp3) is 0.529. The molecule has 1 N–H and O–H groups in total. The van der Waals surface area contributed by atoms with Crippen LogP contribution in [0, 0.1) is 0 Å². The first-order valence-corrected chi connectivity index (χ1v) is 7.28. The van der Waals surface area contributed by atoms with E-state index in [4.69, 9.17) is 0 Å². The predicted molar refractivity (Wildman–Crippen MR) is 83.5 cm³/mol. The van der Waals surface area contributed by atoms with Crippen molar-refractivity contribution in [3.63, 3.8) is 0 Å². The molecule has 0 saturated carbocycles. The zero-order chi connectivity index (χ0) is 14.3. The Labute approximate surface area is 117 Å². The number of rotatable bonds is 7. The molecule has 0 heterocycles. The summed E-state index contributed by atoms with van der Waals surface area (Å²) in [6, 6.07) is 5.82. The molecule has 0 aliphatic heterocycles. The number of phenols is 1. The maximum absolute atomic E-state index is 10.1. The van der Waals surface area contributed by atoms with Gasteiger partial charge in [0.2, 0.25) is 0 Å². The van der Waals surface area contributed by atoms with Crippen LogP contribution in [-0.4, -0.2) is 30.1 Å². The number of allylic oxidation sites excluding steroid dienone is 1. The highest BCUT2D eigenvalue weighted by molar-refractivity contribution is 5.73. The van der Waals surface area contributed by atoms with Crippen LogP contribution in [0.15, 0.2) is 24.3 Å². The summed E-state index contributed by atoms with van der Waals surface area (Å²) in [5.74, 6) is 0.408. The maximum Gasteiger partial charge on any atom is 0.123 e. The molecule has 0 unspecified atom stereocenters. The lowest BCUT2D eigenvalue weighted by Crippen LogP contribution is -2.20. The molecule has 0 aliphatic rings. The first-order valence-electron chi connectivity index (χ1n) is 7.28. The first kappa shape index (κ1) is 15.8. The van der Waals surface area contributed by atoms with E-state index in [2.05, 4.69) is 44.9 Å². The van der Waals surface area contributed by atoms with Crippen molar-refractivity contribution in [2.45, 2.75) is 40.0 Å². The number of nitrogens with zero attached hydrogens (tertiary/aromatic N) is 1. The molecule has 1 aromatic rings. The Bertz CT molecular complexity index is 423. The minimum absolute atomic E-state index is 0.408. The second-order valence-corrected chi connectivity index (χ2v) is 5.03. The van der Waals surface area contributed by atoms with Gasteiger partial charge in [-0.05, 0) is 57.0 Å². The van der Waals surface area contributed by atoms with E-state index >= 15 is 0 Å². The van der Waals surface area contributed by atoms with E-state index in [9.17, 15) is 5.11 Å². The van der Waals surface area contributed by atoms with E-state index in [0.29, 0.717) is 5.75 Å². The number of aromatic hydroxyl groups is 1. The topological polar surface area (TPSA) is 23.5 Å². The van der Waals surface area contributed by atoms with Crippen molar-refractivity contribution in [1.29, 1.82) is 0 Å². The number of aryl methyl sites for hydroxylation is 1. The monoisotopic (exact) mass is 261 g/mol. The van der Waals surface area contributed by atoms with Gasteiger partial charge in [-0.15, -0.1) is 0 Å². The van der Waals surface area contributed by atoms with Gasteiger partial charge in [0.05, 0.1) is 0 Å². The minimum Gasteiger partial charge on any atom is -0.507 e. The predicted octanol–water partition coefficient (Wildman–Crippen LogP) is 4.09. The van der Waals surface area contributed by atoms with Crippen molar-refractivity contribution in [3.05, 3.63) is 35.4 Å². The smallest absolute Gasteiger partial charge is 0.123 e. The van der Waals surface area contributed by atoms with E-state index < -0.39 is 0 Å². The van der Waals surface area contributed by atoms with Gasteiger partial charge in [-0.1, -0.05) is 32.1 Å². The highest BCUT2D eigenvalue weighted by Crippen LogP contribution is 2.31. The summed E-state index contributed by atoms with van der Waals surface area (Å²) in [4.78, 5) is 2.34. The summed E-state index contributed by atoms with van der Waals surface area (Å²) < 4.78 is 0. The van der Waals surface area contributed by atoms with Gasteiger partial charge in [0.25, 0.3) is 0 Å². The molecule has 0 fully saturated rings. The normalized spacial score (nSPS) is 12.2. The average molecular weight is 261 g/mol. The number of hydrogen-bond donors (Lipinski definition) is 1. The maximum atomic E-state index is 10.1. The Kier molecular flexibility index (Phi) is 6.65. The zero-order valence-electron chi connectivity index (χ0n) is 12.7. The molecular formula is C17H27NO. The van der Waals surface area contributed by atoms with Crippen LogP contribution in [0.4, 0.5) is 0 Å². The van der Waals surface area contributed by atoms with E-state index in [1.54, 1.807) is 6.07 Å². The summed E-state index contributed by atoms with van der Waals surface area (Å²) in [5.41, 5.74) is 3.52. The van der Waals surface area contributed by atoms with Crippen LogP contribution in [0.5, 0.6) is 5.75 Å². The summed E-state index contributed by atoms with van der Waals surface area (Å²) in [6.45, 7) is 8.55. The minimum atomic E-state index is 0.408. The van der Waals surface area contributed by atoms with Crippen molar-refractivity contribution < 1.29 is 5.11 Å². The lowest BCUT2D eigenvalue weighted by molar-refractivity contribution is 0.343. The lowest BCUT2D eigenvalue weighted by Gasteiger charge is -2.18. The van der Waals surface area contributed by atoms with Gasteiger partial charge in [-0.25, -0.2) is 0 Å². The van der Waals surface area contributed by atoms with Crippen LogP contribution in [0.3, 0.4) is 0 Å². The van der Waals surface area contributed by atoms with Gasteiger partial charge in [0.15, 0.2) is 0 Å². The van der Waals surface area contributed by atoms with Crippen LogP contribution in [0.25, 0.3) is 5.57 Å². The molecule has 2 nitrogen and oxygen atoms in total. The molecule has 19 heavy (non-hydrogen) atoms. The van der Waals surface area contributed by atoms with Crippen LogP contribution >= 0.6 is 0 Å². The zero-order valence-corrected chi connectivity index (χ0v) is 12.7. The van der Waals surface area contributed by atoms with E-state index in [1.165, 1.54) is 17.6 Å². The van der Waals surface area contributed by atoms with E-state index in [-0.39, 0.29) is 0 Å². The fourth-order valence-electron chi connectivity index (χ4n) is 2.47. The molecule has 0 atom stereocenters. The summed E-state index contributed by atoms with van der Waals surface area (Å²) in [6.07, 6.45) is 5.25. The van der Waals surface area contributed by atoms with Crippen LogP contribution in [0.2, 0.25) is 0 Å². The average Bonchev–Trinajstić information content (AvgIpc) is 2.41. The molecule has 2 heteroatoms. The molecule has 0 radical (unpaired) electrons. The number of hydrogen-bond acceptors (Lipinski definition) is 2. The van der Waals surface area contributed by atoms with Crippen LogP contribution in [-0.2, 0) is 6.42 Å². The molecule has 0 spiro atoms. The van der Waals surface area contributed by atoms with Gasteiger partial charge in [0, 0.05) is 12.1 Å². The Morgan fingerprint density at radius 2 is 2.00 bits per heavy atom.